The van der Waals surface area contributed by atoms with Crippen molar-refractivity contribution in [2.24, 2.45) is 10.1 Å². The lowest BCUT2D eigenvalue weighted by Gasteiger charge is -2.36. The number of nitrogens with zero attached hydrogens (tertiary/aromatic N) is 2. The molecule has 0 spiro atoms. The molecule has 0 saturated carbocycles. The van der Waals surface area contributed by atoms with Gasteiger partial charge in [-0.05, 0) is 36.5 Å². The Kier molecular flexibility index (Phi) is 5.76. The molecule has 8 heteroatoms. The molecule has 0 aromatic heterocycles. The van der Waals surface area contributed by atoms with Crippen LogP contribution >= 0.6 is 0 Å². The molecule has 2 aliphatic heterocycles. The maximum Gasteiger partial charge on any atom is 0.259 e. The smallest absolute Gasteiger partial charge is 0.259 e. The van der Waals surface area contributed by atoms with E-state index in [1.165, 1.54) is 0 Å². The minimum atomic E-state index is -3.59. The molecule has 1 atom stereocenters. The van der Waals surface area contributed by atoms with E-state index in [0.717, 1.165) is 24.8 Å². The van der Waals surface area contributed by atoms with E-state index in [-0.39, 0.29) is 23.5 Å². The summed E-state index contributed by atoms with van der Waals surface area (Å²) in [5.41, 5.74) is 8.03. The van der Waals surface area contributed by atoms with Crippen LogP contribution in [0.4, 0.5) is 0 Å². The van der Waals surface area contributed by atoms with E-state index in [4.69, 9.17) is 10.5 Å². The monoisotopic (exact) mass is 427 g/mol. The summed E-state index contributed by atoms with van der Waals surface area (Å²) in [6.45, 7) is 1.05. The van der Waals surface area contributed by atoms with E-state index in [1.54, 1.807) is 18.2 Å². The van der Waals surface area contributed by atoms with Gasteiger partial charge < -0.3 is 15.4 Å². The van der Waals surface area contributed by atoms with E-state index in [9.17, 15) is 13.2 Å². The fourth-order valence-electron chi connectivity index (χ4n) is 4.09. The fourth-order valence-corrected chi connectivity index (χ4v) is 5.18. The Hall–Kier alpha value is -2.87. The van der Waals surface area contributed by atoms with Crippen LogP contribution in [0.5, 0.6) is 5.75 Å². The zero-order chi connectivity index (χ0) is 21.1. The van der Waals surface area contributed by atoms with Crippen molar-refractivity contribution in [3.8, 4) is 5.75 Å². The van der Waals surface area contributed by atoms with Gasteiger partial charge in [0.2, 0.25) is 5.91 Å². The highest BCUT2D eigenvalue weighted by Crippen LogP contribution is 2.29. The molecule has 0 bridgehead atoms. The Morgan fingerprint density at radius 2 is 1.93 bits per heavy atom. The Morgan fingerprint density at radius 3 is 2.73 bits per heavy atom. The topological polar surface area (TPSA) is 102 Å². The number of likely N-dealkylation sites (tertiary alicyclic amines) is 1. The minimum Gasteiger partial charge on any atom is -0.491 e. The van der Waals surface area contributed by atoms with Gasteiger partial charge in [0.1, 0.15) is 18.2 Å². The molecule has 158 valence electrons. The number of fused-ring (bicyclic) bond motifs is 1. The second-order valence-corrected chi connectivity index (χ2v) is 9.34. The average Bonchev–Trinajstić information content (AvgIpc) is 2.72. The standard InChI is InChI=1S/C22H25N3O4S/c23-22-21-17(15-30(27,28)24-22)9-6-11-19(21)29-14-18-10-4-5-12-25(18)20(26)13-16-7-2-1-3-8-16/h1-3,6-9,11,18H,4-5,10,12-15H2,(H2,23,24)/t18-/m1/s1. The molecule has 0 radical (unpaired) electrons. The second kappa shape index (κ2) is 8.47. The van der Waals surface area contributed by atoms with Gasteiger partial charge in [0.05, 0.1) is 23.8 Å². The van der Waals surface area contributed by atoms with Gasteiger partial charge in [0.25, 0.3) is 10.0 Å². The van der Waals surface area contributed by atoms with Crippen LogP contribution in [0.25, 0.3) is 0 Å². The van der Waals surface area contributed by atoms with Crippen molar-refractivity contribution in [1.29, 1.82) is 0 Å². The zero-order valence-electron chi connectivity index (χ0n) is 16.7. The number of hydrogen-bond acceptors (Lipinski definition) is 5. The number of carbonyl (C=O) groups excluding carboxylic acids is 1. The summed E-state index contributed by atoms with van der Waals surface area (Å²) in [4.78, 5) is 14.8. The summed E-state index contributed by atoms with van der Waals surface area (Å²) in [7, 11) is -3.59. The van der Waals surface area contributed by atoms with E-state index in [2.05, 4.69) is 4.40 Å². The molecule has 1 fully saturated rings. The number of rotatable bonds is 5. The first kappa shape index (κ1) is 20.4. The van der Waals surface area contributed by atoms with Crippen molar-refractivity contribution in [2.45, 2.75) is 37.5 Å². The first-order valence-corrected chi connectivity index (χ1v) is 11.7. The van der Waals surface area contributed by atoms with Crippen LogP contribution in [0.1, 0.15) is 36.0 Å². The molecule has 2 aromatic carbocycles. The zero-order valence-corrected chi connectivity index (χ0v) is 17.5. The van der Waals surface area contributed by atoms with E-state index >= 15 is 0 Å². The first-order chi connectivity index (χ1) is 14.4. The molecule has 2 N–H and O–H groups in total. The molecule has 2 aromatic rings. The highest BCUT2D eigenvalue weighted by Gasteiger charge is 2.29. The SMILES string of the molecule is NC1=NS(=O)(=O)Cc2cccc(OC[C@H]3CCCCN3C(=O)Cc3ccccc3)c21. The quantitative estimate of drug-likeness (QED) is 0.788. The third-order valence-corrected chi connectivity index (χ3v) is 6.67. The summed E-state index contributed by atoms with van der Waals surface area (Å²) in [6.07, 6.45) is 3.26. The number of hydrogen-bond donors (Lipinski definition) is 1. The summed E-state index contributed by atoms with van der Waals surface area (Å²) < 4.78 is 33.4. The normalized spacial score (nSPS) is 20.2. The lowest BCUT2D eigenvalue weighted by atomic mass is 10.0. The Balaban J connectivity index is 1.48. The van der Waals surface area contributed by atoms with Gasteiger partial charge in [0, 0.05) is 6.54 Å². The number of sulfonamides is 1. The molecule has 2 heterocycles. The third kappa shape index (κ3) is 4.48. The third-order valence-electron chi connectivity index (χ3n) is 5.52. The number of ether oxygens (including phenoxy) is 1. The molecular weight excluding hydrogens is 402 g/mol. The van der Waals surface area contributed by atoms with Crippen molar-refractivity contribution in [2.75, 3.05) is 13.2 Å². The van der Waals surface area contributed by atoms with Crippen molar-refractivity contribution in [3.05, 3.63) is 65.2 Å². The minimum absolute atomic E-state index is 0.0312. The van der Waals surface area contributed by atoms with Gasteiger partial charge in [-0.2, -0.15) is 0 Å². The Morgan fingerprint density at radius 1 is 1.13 bits per heavy atom. The van der Waals surface area contributed by atoms with Gasteiger partial charge >= 0.3 is 0 Å². The van der Waals surface area contributed by atoms with E-state index in [0.29, 0.717) is 36.4 Å². The van der Waals surface area contributed by atoms with Gasteiger partial charge in [-0.1, -0.05) is 42.5 Å². The summed E-state index contributed by atoms with van der Waals surface area (Å²) >= 11 is 0. The second-order valence-electron chi connectivity index (χ2n) is 7.70. The van der Waals surface area contributed by atoms with Crippen LogP contribution in [0.3, 0.4) is 0 Å². The number of benzene rings is 2. The summed E-state index contributed by atoms with van der Waals surface area (Å²) in [5, 5.41) is 0. The van der Waals surface area contributed by atoms with Crippen LogP contribution in [0, 0.1) is 0 Å². The Labute approximate surface area is 176 Å². The summed E-state index contributed by atoms with van der Waals surface area (Å²) in [5.74, 6) is 0.361. The molecule has 2 aliphatic rings. The first-order valence-electron chi connectivity index (χ1n) is 10.1. The van der Waals surface area contributed by atoms with Gasteiger partial charge in [-0.3, -0.25) is 4.79 Å². The van der Waals surface area contributed by atoms with Gasteiger partial charge in [-0.15, -0.1) is 4.40 Å². The molecule has 1 amide bonds. The van der Waals surface area contributed by atoms with E-state index in [1.807, 2.05) is 35.2 Å². The predicted octanol–water partition coefficient (Wildman–Crippen LogP) is 2.24. The molecule has 30 heavy (non-hydrogen) atoms. The lowest BCUT2D eigenvalue weighted by molar-refractivity contribution is -0.134. The molecule has 0 aliphatic carbocycles. The van der Waals surface area contributed by atoms with Crippen molar-refractivity contribution in [1.82, 2.24) is 4.90 Å². The number of amidine groups is 1. The lowest BCUT2D eigenvalue weighted by Crippen LogP contribution is -2.47. The number of amides is 1. The molecule has 4 rings (SSSR count). The number of carbonyl (C=O) groups is 1. The van der Waals surface area contributed by atoms with Crippen molar-refractivity contribution < 1.29 is 17.9 Å². The maximum absolute atomic E-state index is 12.9. The van der Waals surface area contributed by atoms with Gasteiger partial charge in [-0.25, -0.2) is 8.42 Å². The average molecular weight is 428 g/mol. The van der Waals surface area contributed by atoms with E-state index < -0.39 is 10.0 Å². The fraction of sp³-hybridized carbons (Fsp3) is 0.364. The predicted molar refractivity (Wildman–Crippen MR) is 115 cm³/mol. The Bertz CT molecular complexity index is 1070. The largest absolute Gasteiger partial charge is 0.491 e. The number of nitrogens with two attached hydrogens (primary N) is 1. The highest BCUT2D eigenvalue weighted by atomic mass is 32.2. The van der Waals surface area contributed by atoms with Crippen LogP contribution in [-0.4, -0.2) is 44.3 Å². The highest BCUT2D eigenvalue weighted by molar-refractivity contribution is 7.89. The van der Waals surface area contributed by atoms with Crippen molar-refractivity contribution in [3.63, 3.8) is 0 Å². The maximum atomic E-state index is 12.9. The molecule has 0 unspecified atom stereocenters. The van der Waals surface area contributed by atoms with Crippen LogP contribution in [0.2, 0.25) is 0 Å². The molecule has 7 nitrogen and oxygen atoms in total. The molecule has 1 saturated heterocycles. The summed E-state index contributed by atoms with van der Waals surface area (Å²) in [6, 6.07) is 14.9. The van der Waals surface area contributed by atoms with Crippen LogP contribution in [0.15, 0.2) is 52.9 Å². The number of piperidine rings is 1. The van der Waals surface area contributed by atoms with Crippen LogP contribution in [-0.2, 0) is 27.0 Å². The van der Waals surface area contributed by atoms with Crippen LogP contribution < -0.4 is 10.5 Å². The molecular formula is C22H25N3O4S. The van der Waals surface area contributed by atoms with Gasteiger partial charge in [0.15, 0.2) is 0 Å². The van der Waals surface area contributed by atoms with Crippen molar-refractivity contribution >= 4 is 21.8 Å².